The Morgan fingerprint density at radius 2 is 1.82 bits per heavy atom. The number of carbonyl (C=O) groups is 2. The summed E-state index contributed by atoms with van der Waals surface area (Å²) in [6.07, 6.45) is 3.05. The lowest BCUT2D eigenvalue weighted by Gasteiger charge is -2.33. The van der Waals surface area contributed by atoms with Crippen LogP contribution in [0, 0.1) is 11.8 Å². The van der Waals surface area contributed by atoms with Gasteiger partial charge in [-0.1, -0.05) is 13.8 Å². The Bertz CT molecular complexity index is 372. The van der Waals surface area contributed by atoms with Crippen LogP contribution in [-0.2, 0) is 19.1 Å². The van der Waals surface area contributed by atoms with E-state index in [1.165, 1.54) is 0 Å². The van der Waals surface area contributed by atoms with Crippen molar-refractivity contribution in [2.75, 3.05) is 32.8 Å². The molecule has 0 atom stereocenters. The second-order valence-corrected chi connectivity index (χ2v) is 6.54. The van der Waals surface area contributed by atoms with Crippen molar-refractivity contribution in [2.24, 2.45) is 11.8 Å². The van der Waals surface area contributed by atoms with Gasteiger partial charge in [0.15, 0.2) is 6.29 Å². The van der Waals surface area contributed by atoms with E-state index in [-0.39, 0.29) is 24.6 Å². The van der Waals surface area contributed by atoms with E-state index in [0.717, 1.165) is 19.3 Å². The molecule has 2 aliphatic rings. The average Bonchev–Trinajstić information content (AvgIpc) is 3.05. The third-order valence-electron chi connectivity index (χ3n) is 4.31. The molecule has 6 heteroatoms. The molecule has 0 radical (unpaired) electrons. The summed E-state index contributed by atoms with van der Waals surface area (Å²) in [6, 6.07) is 0. The Morgan fingerprint density at radius 1 is 1.18 bits per heavy atom. The molecule has 1 N–H and O–H groups in total. The fourth-order valence-corrected chi connectivity index (χ4v) is 2.86. The van der Waals surface area contributed by atoms with E-state index < -0.39 is 0 Å². The molecule has 0 unspecified atom stereocenters. The highest BCUT2D eigenvalue weighted by Gasteiger charge is 2.31. The van der Waals surface area contributed by atoms with Crippen LogP contribution >= 0.6 is 0 Å². The summed E-state index contributed by atoms with van der Waals surface area (Å²) in [5.74, 6) is 0.849. The standard InChI is InChI=1S/C16H28N2O4/c1-12(2)3-4-14(19)17-11-15(20)18-7-5-13(6-8-18)16-21-9-10-22-16/h12-13,16H,3-11H2,1-2H3,(H,17,19). The third-order valence-corrected chi connectivity index (χ3v) is 4.31. The zero-order valence-electron chi connectivity index (χ0n) is 13.7. The number of nitrogens with zero attached hydrogens (tertiary/aromatic N) is 1. The van der Waals surface area contributed by atoms with Crippen LogP contribution in [0.1, 0.15) is 39.5 Å². The van der Waals surface area contributed by atoms with E-state index in [1.807, 2.05) is 4.90 Å². The SMILES string of the molecule is CC(C)CCC(=O)NCC(=O)N1CCC(C2OCCO2)CC1. The van der Waals surface area contributed by atoms with Crippen molar-refractivity contribution in [3.8, 4) is 0 Å². The van der Waals surface area contributed by atoms with Crippen molar-refractivity contribution in [3.63, 3.8) is 0 Å². The monoisotopic (exact) mass is 312 g/mol. The third kappa shape index (κ3) is 5.25. The largest absolute Gasteiger partial charge is 0.350 e. The molecule has 0 saturated carbocycles. The molecular weight excluding hydrogens is 284 g/mol. The average molecular weight is 312 g/mol. The fourth-order valence-electron chi connectivity index (χ4n) is 2.86. The van der Waals surface area contributed by atoms with Crippen molar-refractivity contribution in [1.29, 1.82) is 0 Å². The van der Waals surface area contributed by atoms with Gasteiger partial charge in [0.25, 0.3) is 0 Å². The molecule has 0 spiro atoms. The number of hydrogen-bond acceptors (Lipinski definition) is 4. The number of carbonyl (C=O) groups excluding carboxylic acids is 2. The van der Waals surface area contributed by atoms with Gasteiger partial charge in [0.2, 0.25) is 11.8 Å². The number of hydrogen-bond donors (Lipinski definition) is 1. The van der Waals surface area contributed by atoms with Crippen molar-refractivity contribution >= 4 is 11.8 Å². The lowest BCUT2D eigenvalue weighted by molar-refractivity contribution is -0.137. The van der Waals surface area contributed by atoms with E-state index in [4.69, 9.17) is 9.47 Å². The van der Waals surface area contributed by atoms with Gasteiger partial charge in [-0.15, -0.1) is 0 Å². The first kappa shape index (κ1) is 17.2. The Labute approximate surface area is 132 Å². The fraction of sp³-hybridized carbons (Fsp3) is 0.875. The van der Waals surface area contributed by atoms with Crippen LogP contribution in [0.15, 0.2) is 0 Å². The molecule has 0 aromatic heterocycles. The summed E-state index contributed by atoms with van der Waals surface area (Å²) in [7, 11) is 0. The molecule has 2 heterocycles. The molecule has 2 fully saturated rings. The van der Waals surface area contributed by atoms with Crippen LogP contribution < -0.4 is 5.32 Å². The second kappa shape index (κ2) is 8.48. The van der Waals surface area contributed by atoms with E-state index >= 15 is 0 Å². The minimum Gasteiger partial charge on any atom is -0.350 e. The summed E-state index contributed by atoms with van der Waals surface area (Å²) in [5, 5.41) is 2.72. The lowest BCUT2D eigenvalue weighted by atomic mass is 9.96. The van der Waals surface area contributed by atoms with Crippen molar-refractivity contribution in [1.82, 2.24) is 10.2 Å². The Kier molecular flexibility index (Phi) is 6.64. The minimum atomic E-state index is -0.0898. The highest BCUT2D eigenvalue weighted by molar-refractivity contribution is 5.84. The first-order valence-corrected chi connectivity index (χ1v) is 8.34. The molecule has 22 heavy (non-hydrogen) atoms. The van der Waals surface area contributed by atoms with E-state index in [2.05, 4.69) is 19.2 Å². The second-order valence-electron chi connectivity index (χ2n) is 6.54. The molecule has 2 amide bonds. The van der Waals surface area contributed by atoms with Gasteiger partial charge in [-0.25, -0.2) is 0 Å². The molecule has 0 aromatic rings. The Hall–Kier alpha value is -1.14. The summed E-state index contributed by atoms with van der Waals surface area (Å²) < 4.78 is 11.1. The summed E-state index contributed by atoms with van der Waals surface area (Å²) in [4.78, 5) is 25.6. The van der Waals surface area contributed by atoms with Crippen LogP contribution in [0.25, 0.3) is 0 Å². The van der Waals surface area contributed by atoms with Crippen molar-refractivity contribution in [2.45, 2.75) is 45.8 Å². The molecule has 0 aliphatic carbocycles. The first-order valence-electron chi connectivity index (χ1n) is 8.34. The first-order chi connectivity index (χ1) is 10.6. The molecule has 0 aromatic carbocycles. The predicted molar refractivity (Wildman–Crippen MR) is 82.1 cm³/mol. The molecule has 2 rings (SSSR count). The van der Waals surface area contributed by atoms with Gasteiger partial charge in [-0.3, -0.25) is 9.59 Å². The number of likely N-dealkylation sites (tertiary alicyclic amines) is 1. The quantitative estimate of drug-likeness (QED) is 0.799. The van der Waals surface area contributed by atoms with E-state index in [9.17, 15) is 9.59 Å². The molecular formula is C16H28N2O4. The molecule has 2 aliphatic heterocycles. The molecule has 2 saturated heterocycles. The van der Waals surface area contributed by atoms with Crippen LogP contribution in [-0.4, -0.2) is 55.9 Å². The van der Waals surface area contributed by atoms with Crippen molar-refractivity contribution < 1.29 is 19.1 Å². The molecule has 6 nitrogen and oxygen atoms in total. The predicted octanol–water partition coefficient (Wildman–Crippen LogP) is 1.15. The smallest absolute Gasteiger partial charge is 0.241 e. The van der Waals surface area contributed by atoms with E-state index in [0.29, 0.717) is 44.6 Å². The maximum absolute atomic E-state index is 12.1. The molecule has 126 valence electrons. The van der Waals surface area contributed by atoms with Gasteiger partial charge >= 0.3 is 0 Å². The Balaban J connectivity index is 1.63. The summed E-state index contributed by atoms with van der Waals surface area (Å²) in [6.45, 7) is 7.06. The van der Waals surface area contributed by atoms with Gasteiger partial charge in [0.1, 0.15) is 0 Å². The van der Waals surface area contributed by atoms with Gasteiger partial charge in [0.05, 0.1) is 19.8 Å². The maximum atomic E-state index is 12.1. The highest BCUT2D eigenvalue weighted by atomic mass is 16.7. The van der Waals surface area contributed by atoms with E-state index in [1.54, 1.807) is 0 Å². The van der Waals surface area contributed by atoms with Gasteiger partial charge in [0, 0.05) is 25.4 Å². The van der Waals surface area contributed by atoms with Gasteiger partial charge in [-0.2, -0.15) is 0 Å². The zero-order valence-corrected chi connectivity index (χ0v) is 13.7. The van der Waals surface area contributed by atoms with Gasteiger partial charge in [-0.05, 0) is 25.2 Å². The maximum Gasteiger partial charge on any atom is 0.241 e. The normalized spacial score (nSPS) is 20.6. The Morgan fingerprint density at radius 3 is 2.41 bits per heavy atom. The van der Waals surface area contributed by atoms with Crippen LogP contribution in [0.5, 0.6) is 0 Å². The van der Waals surface area contributed by atoms with Gasteiger partial charge < -0.3 is 19.7 Å². The minimum absolute atomic E-state index is 0.00426. The number of nitrogens with one attached hydrogen (secondary N) is 1. The summed E-state index contributed by atoms with van der Waals surface area (Å²) in [5.41, 5.74) is 0. The molecule has 0 bridgehead atoms. The number of piperidine rings is 1. The van der Waals surface area contributed by atoms with Crippen LogP contribution in [0.3, 0.4) is 0 Å². The van der Waals surface area contributed by atoms with Crippen LogP contribution in [0.4, 0.5) is 0 Å². The van der Waals surface area contributed by atoms with Crippen LogP contribution in [0.2, 0.25) is 0 Å². The highest BCUT2D eigenvalue weighted by Crippen LogP contribution is 2.25. The summed E-state index contributed by atoms with van der Waals surface area (Å²) >= 11 is 0. The number of amides is 2. The topological polar surface area (TPSA) is 67.9 Å². The lowest BCUT2D eigenvalue weighted by Crippen LogP contribution is -2.45. The number of ether oxygens (including phenoxy) is 2. The number of rotatable bonds is 6. The van der Waals surface area contributed by atoms with Crippen molar-refractivity contribution in [3.05, 3.63) is 0 Å². The zero-order chi connectivity index (χ0) is 15.9.